The first-order valence-corrected chi connectivity index (χ1v) is 10.4. The van der Waals surface area contributed by atoms with Crippen LogP contribution in [0.4, 0.5) is 4.39 Å². The van der Waals surface area contributed by atoms with Gasteiger partial charge in [0.2, 0.25) is 0 Å². The summed E-state index contributed by atoms with van der Waals surface area (Å²) in [5.41, 5.74) is 0.389. The number of nitrogens with zero attached hydrogens (tertiary/aromatic N) is 6. The van der Waals surface area contributed by atoms with Gasteiger partial charge in [-0.15, -0.1) is 4.80 Å². The second kappa shape index (κ2) is 7.29. The van der Waals surface area contributed by atoms with Crippen molar-refractivity contribution in [1.82, 2.24) is 29.9 Å². The molecule has 2 aliphatic heterocycles. The molecule has 0 radical (unpaired) electrons. The zero-order valence-corrected chi connectivity index (χ0v) is 17.0. The lowest BCUT2D eigenvalue weighted by molar-refractivity contribution is 0.0717. The van der Waals surface area contributed by atoms with Gasteiger partial charge < -0.3 is 4.90 Å². The smallest absolute Gasteiger partial charge is 0.256 e. The highest BCUT2D eigenvalue weighted by atomic mass is 79.9. The Morgan fingerprint density at radius 1 is 1.17 bits per heavy atom. The monoisotopic (exact) mass is 456 g/mol. The first-order valence-electron chi connectivity index (χ1n) is 9.56. The molecule has 5 rings (SSSR count). The normalized spacial score (nSPS) is 23.0. The van der Waals surface area contributed by atoms with Crippen LogP contribution in [0.2, 0.25) is 0 Å². The average Bonchev–Trinajstić information content (AvgIpc) is 3.45. The van der Waals surface area contributed by atoms with Gasteiger partial charge in [0, 0.05) is 30.9 Å². The fourth-order valence-electron chi connectivity index (χ4n) is 4.69. The third kappa shape index (κ3) is 3.23. The van der Waals surface area contributed by atoms with Gasteiger partial charge in [0.15, 0.2) is 5.82 Å². The summed E-state index contributed by atoms with van der Waals surface area (Å²) < 4.78 is 15.4. The summed E-state index contributed by atoms with van der Waals surface area (Å²) in [6.07, 6.45) is 9.99. The minimum atomic E-state index is -0.515. The fraction of sp³-hybridized carbons (Fsp3) is 0.350. The van der Waals surface area contributed by atoms with Crippen molar-refractivity contribution in [3.63, 3.8) is 0 Å². The lowest BCUT2D eigenvalue weighted by Gasteiger charge is -2.25. The van der Waals surface area contributed by atoms with Crippen molar-refractivity contribution in [3.05, 3.63) is 64.7 Å². The van der Waals surface area contributed by atoms with E-state index in [9.17, 15) is 9.18 Å². The van der Waals surface area contributed by atoms with Crippen LogP contribution in [0.5, 0.6) is 0 Å². The minimum Gasteiger partial charge on any atom is -0.332 e. The van der Waals surface area contributed by atoms with Gasteiger partial charge in [0.25, 0.3) is 5.91 Å². The lowest BCUT2D eigenvalue weighted by Crippen LogP contribution is -2.37. The average molecular weight is 457 g/mol. The highest BCUT2D eigenvalue weighted by Gasteiger charge is 2.49. The van der Waals surface area contributed by atoms with E-state index in [1.807, 2.05) is 4.90 Å². The maximum Gasteiger partial charge on any atom is 0.256 e. The Balaban J connectivity index is 1.43. The molecule has 148 valence electrons. The van der Waals surface area contributed by atoms with E-state index in [4.69, 9.17) is 0 Å². The molecule has 3 unspecified atom stereocenters. The molecule has 0 aliphatic carbocycles. The molecule has 2 fully saturated rings. The van der Waals surface area contributed by atoms with Crippen LogP contribution < -0.4 is 0 Å². The topological polar surface area (TPSA) is 76.8 Å². The number of halogens is 2. The van der Waals surface area contributed by atoms with E-state index in [0.717, 1.165) is 36.0 Å². The van der Waals surface area contributed by atoms with Crippen LogP contribution in [0.15, 0.2) is 47.5 Å². The van der Waals surface area contributed by atoms with E-state index in [2.05, 4.69) is 36.1 Å². The lowest BCUT2D eigenvalue weighted by atomic mass is 9.86. The van der Waals surface area contributed by atoms with Crippen molar-refractivity contribution in [3.8, 4) is 5.69 Å². The number of rotatable bonds is 4. The van der Waals surface area contributed by atoms with Crippen molar-refractivity contribution in [2.75, 3.05) is 0 Å². The molecule has 3 atom stereocenters. The molecule has 2 saturated heterocycles. The number of aromatic nitrogens is 5. The number of para-hydroxylation sites is 1. The number of carbonyl (C=O) groups excluding carboxylic acids is 1. The van der Waals surface area contributed by atoms with Gasteiger partial charge in [0.05, 0.1) is 22.4 Å². The van der Waals surface area contributed by atoms with Crippen molar-refractivity contribution in [2.45, 2.75) is 37.8 Å². The van der Waals surface area contributed by atoms with Crippen LogP contribution >= 0.6 is 15.9 Å². The molecule has 0 N–H and O–H groups in total. The third-order valence-electron chi connectivity index (χ3n) is 5.85. The first-order chi connectivity index (χ1) is 14.1. The molecule has 3 aromatic rings. The van der Waals surface area contributed by atoms with Gasteiger partial charge in [-0.25, -0.2) is 14.4 Å². The molecule has 0 saturated carbocycles. The van der Waals surface area contributed by atoms with Crippen LogP contribution in [-0.2, 0) is 6.42 Å². The largest absolute Gasteiger partial charge is 0.332 e. The van der Waals surface area contributed by atoms with Crippen LogP contribution in [-0.4, -0.2) is 47.9 Å². The van der Waals surface area contributed by atoms with E-state index in [-0.39, 0.29) is 23.7 Å². The van der Waals surface area contributed by atoms with Gasteiger partial charge >= 0.3 is 0 Å². The Morgan fingerprint density at radius 3 is 2.69 bits per heavy atom. The molecule has 29 heavy (non-hydrogen) atoms. The zero-order valence-electron chi connectivity index (χ0n) is 15.4. The summed E-state index contributed by atoms with van der Waals surface area (Å²) >= 11 is 3.35. The van der Waals surface area contributed by atoms with Gasteiger partial charge in [0.1, 0.15) is 11.5 Å². The van der Waals surface area contributed by atoms with E-state index in [1.54, 1.807) is 24.5 Å². The Labute approximate surface area is 175 Å². The predicted molar refractivity (Wildman–Crippen MR) is 106 cm³/mol. The molecule has 2 aliphatic rings. The van der Waals surface area contributed by atoms with Gasteiger partial charge in [-0.05, 0) is 53.2 Å². The molecule has 2 bridgehead atoms. The number of hydrogen-bond donors (Lipinski definition) is 0. The van der Waals surface area contributed by atoms with Crippen LogP contribution in [0.25, 0.3) is 5.69 Å². The van der Waals surface area contributed by atoms with Crippen molar-refractivity contribution in [2.24, 2.45) is 5.92 Å². The van der Waals surface area contributed by atoms with Crippen molar-refractivity contribution in [1.29, 1.82) is 0 Å². The van der Waals surface area contributed by atoms with Crippen molar-refractivity contribution >= 4 is 21.8 Å². The second-order valence-electron chi connectivity index (χ2n) is 7.48. The Hall–Kier alpha value is -2.68. The minimum absolute atomic E-state index is 0.0987. The summed E-state index contributed by atoms with van der Waals surface area (Å²) in [4.78, 5) is 25.3. The summed E-state index contributed by atoms with van der Waals surface area (Å²) in [5.74, 6) is 0.408. The molecule has 2 aromatic heterocycles. The SMILES string of the molecule is O=C(c1cccc(F)c1-n1nccn1)N1C2CCC1C(Cc1ncc(Br)cn1)C2. The molecular formula is C20H18BrFN6O. The Bertz CT molecular complexity index is 1040. The highest BCUT2D eigenvalue weighted by molar-refractivity contribution is 9.10. The second-order valence-corrected chi connectivity index (χ2v) is 8.40. The number of amides is 1. The molecule has 4 heterocycles. The Kier molecular flexibility index (Phi) is 4.61. The first kappa shape index (κ1) is 18.4. The number of benzene rings is 1. The van der Waals surface area contributed by atoms with Gasteiger partial charge in [-0.3, -0.25) is 4.79 Å². The van der Waals surface area contributed by atoms with Crippen LogP contribution in [0, 0.1) is 11.7 Å². The standard InChI is InChI=1S/C20H18BrFN6O/c21-13-10-23-18(24-11-13)9-12-8-14-4-5-17(12)27(14)20(29)15-2-1-3-16(22)19(15)28-25-6-7-26-28/h1-3,6-7,10-12,14,17H,4-5,8-9H2. The van der Waals surface area contributed by atoms with Crippen LogP contribution in [0.1, 0.15) is 35.4 Å². The van der Waals surface area contributed by atoms with E-state index in [1.165, 1.54) is 23.3 Å². The number of fused-ring (bicyclic) bond motifs is 2. The zero-order chi connectivity index (χ0) is 20.0. The van der Waals surface area contributed by atoms with Gasteiger partial charge in [-0.1, -0.05) is 6.07 Å². The highest BCUT2D eigenvalue weighted by Crippen LogP contribution is 2.44. The number of hydrogen-bond acceptors (Lipinski definition) is 5. The van der Waals surface area contributed by atoms with E-state index < -0.39 is 5.82 Å². The van der Waals surface area contributed by atoms with Crippen LogP contribution in [0.3, 0.4) is 0 Å². The maximum atomic E-state index is 14.6. The molecule has 9 heteroatoms. The molecule has 0 spiro atoms. The number of carbonyl (C=O) groups is 1. The summed E-state index contributed by atoms with van der Waals surface area (Å²) in [6.45, 7) is 0. The summed E-state index contributed by atoms with van der Waals surface area (Å²) in [6, 6.07) is 4.80. The third-order valence-corrected chi connectivity index (χ3v) is 6.26. The predicted octanol–water partition coefficient (Wildman–Crippen LogP) is 3.19. The summed E-state index contributed by atoms with van der Waals surface area (Å²) in [5, 5.41) is 8.05. The molecule has 1 amide bonds. The fourth-order valence-corrected chi connectivity index (χ4v) is 4.89. The molecular weight excluding hydrogens is 439 g/mol. The summed E-state index contributed by atoms with van der Waals surface area (Å²) in [7, 11) is 0. The van der Waals surface area contributed by atoms with Gasteiger partial charge in [-0.2, -0.15) is 10.2 Å². The maximum absolute atomic E-state index is 14.6. The molecule has 7 nitrogen and oxygen atoms in total. The quantitative estimate of drug-likeness (QED) is 0.602. The van der Waals surface area contributed by atoms with Crippen molar-refractivity contribution < 1.29 is 9.18 Å². The van der Waals surface area contributed by atoms with E-state index in [0.29, 0.717) is 11.5 Å². The van der Waals surface area contributed by atoms with E-state index >= 15 is 0 Å². The Morgan fingerprint density at radius 2 is 1.93 bits per heavy atom. The molecule has 1 aromatic carbocycles.